The minimum Gasteiger partial charge on any atom is -0.355 e. The van der Waals surface area contributed by atoms with E-state index in [0.29, 0.717) is 12.1 Å². The van der Waals surface area contributed by atoms with Gasteiger partial charge in [-0.15, -0.1) is 0 Å². The predicted molar refractivity (Wildman–Crippen MR) is 108 cm³/mol. The van der Waals surface area contributed by atoms with Gasteiger partial charge in [-0.2, -0.15) is 0 Å². The summed E-state index contributed by atoms with van der Waals surface area (Å²) in [5, 5.41) is 9.92. The number of anilines is 1. The summed E-state index contributed by atoms with van der Waals surface area (Å²) in [5.41, 5.74) is 1.20. The quantitative estimate of drug-likeness (QED) is 0.502. The van der Waals surface area contributed by atoms with Crippen molar-refractivity contribution in [2.75, 3.05) is 23.4 Å². The van der Waals surface area contributed by atoms with Gasteiger partial charge in [0.2, 0.25) is 21.8 Å². The molecule has 11 heteroatoms. The minimum atomic E-state index is -3.92. The van der Waals surface area contributed by atoms with Gasteiger partial charge in [-0.05, 0) is 36.2 Å². The van der Waals surface area contributed by atoms with Crippen molar-refractivity contribution < 1.29 is 26.4 Å². The topological polar surface area (TPSA) is 152 Å². The Morgan fingerprint density at radius 2 is 1.41 bits per heavy atom. The van der Waals surface area contributed by atoms with Crippen LogP contribution >= 0.6 is 0 Å². The summed E-state index contributed by atoms with van der Waals surface area (Å²) in [6.07, 6.45) is 0.366. The Labute approximate surface area is 169 Å². The fraction of sp³-hybridized carbons (Fsp3) is 0.222. The van der Waals surface area contributed by atoms with Crippen LogP contribution in [-0.2, 0) is 35.9 Å². The Kier molecular flexibility index (Phi) is 7.48. The third-order valence-corrected chi connectivity index (χ3v) is 6.08. The maximum atomic E-state index is 12.0. The fourth-order valence-electron chi connectivity index (χ4n) is 2.41. The number of primary sulfonamides is 1. The molecule has 2 aromatic carbocycles. The van der Waals surface area contributed by atoms with Crippen LogP contribution in [0.2, 0.25) is 0 Å². The first-order valence-corrected chi connectivity index (χ1v) is 11.9. The van der Waals surface area contributed by atoms with Gasteiger partial charge in [-0.25, -0.2) is 22.0 Å². The molecule has 0 aliphatic rings. The maximum absolute atomic E-state index is 12.0. The molecule has 29 heavy (non-hydrogen) atoms. The first kappa shape index (κ1) is 22.5. The molecule has 2 rings (SSSR count). The third kappa shape index (κ3) is 8.02. The number of benzene rings is 2. The molecular weight excluding hydrogens is 418 g/mol. The maximum Gasteiger partial charge on any atom is 0.239 e. The monoisotopic (exact) mass is 439 g/mol. The average Bonchev–Trinajstić information content (AvgIpc) is 2.61. The number of hydrogen-bond donors (Lipinski definition) is 3. The zero-order valence-corrected chi connectivity index (χ0v) is 17.0. The molecule has 0 aromatic heterocycles. The highest BCUT2D eigenvalue weighted by atomic mass is 32.2. The van der Waals surface area contributed by atoms with Crippen LogP contribution in [0.1, 0.15) is 5.56 Å². The van der Waals surface area contributed by atoms with Crippen LogP contribution in [0.3, 0.4) is 0 Å². The molecule has 0 radical (unpaired) electrons. The number of para-hydroxylation sites is 1. The smallest absolute Gasteiger partial charge is 0.239 e. The van der Waals surface area contributed by atoms with Crippen LogP contribution in [0, 0.1) is 0 Å². The van der Waals surface area contributed by atoms with E-state index in [1.54, 1.807) is 42.5 Å². The van der Waals surface area contributed by atoms with Crippen molar-refractivity contribution in [1.29, 1.82) is 0 Å². The molecule has 0 aliphatic heterocycles. The van der Waals surface area contributed by atoms with Gasteiger partial charge in [-0.1, -0.05) is 30.3 Å². The normalized spacial score (nSPS) is 11.6. The number of amides is 2. The van der Waals surface area contributed by atoms with Crippen LogP contribution in [0.15, 0.2) is 59.5 Å². The van der Waals surface area contributed by atoms with E-state index in [4.69, 9.17) is 5.14 Å². The van der Waals surface area contributed by atoms with E-state index < -0.39 is 43.2 Å². The van der Waals surface area contributed by atoms with Gasteiger partial charge < -0.3 is 10.6 Å². The number of sulfonamides is 1. The molecule has 2 aromatic rings. The van der Waals surface area contributed by atoms with Crippen molar-refractivity contribution in [3.8, 4) is 0 Å². The lowest BCUT2D eigenvalue weighted by Crippen LogP contribution is -2.35. The van der Waals surface area contributed by atoms with Crippen molar-refractivity contribution in [2.45, 2.75) is 11.3 Å². The van der Waals surface area contributed by atoms with Crippen LogP contribution < -0.4 is 15.8 Å². The first-order chi connectivity index (χ1) is 13.5. The van der Waals surface area contributed by atoms with Crippen molar-refractivity contribution in [3.05, 3.63) is 60.2 Å². The van der Waals surface area contributed by atoms with Crippen LogP contribution in [0.5, 0.6) is 0 Å². The van der Waals surface area contributed by atoms with Crippen LogP contribution in [-0.4, -0.2) is 46.7 Å². The van der Waals surface area contributed by atoms with E-state index >= 15 is 0 Å². The minimum absolute atomic E-state index is 0.0230. The molecule has 2 amide bonds. The lowest BCUT2D eigenvalue weighted by atomic mass is 10.1. The Balaban J connectivity index is 1.78. The molecule has 0 aliphatic carbocycles. The summed E-state index contributed by atoms with van der Waals surface area (Å²) >= 11 is 0. The average molecular weight is 440 g/mol. The van der Waals surface area contributed by atoms with Crippen molar-refractivity contribution in [2.24, 2.45) is 5.14 Å². The molecule has 0 saturated heterocycles. The number of nitrogens with one attached hydrogen (secondary N) is 2. The van der Waals surface area contributed by atoms with E-state index in [0.717, 1.165) is 5.56 Å². The van der Waals surface area contributed by atoms with Crippen molar-refractivity contribution in [3.63, 3.8) is 0 Å². The summed E-state index contributed by atoms with van der Waals surface area (Å²) in [6, 6.07) is 14.2. The highest BCUT2D eigenvalue weighted by Gasteiger charge is 2.20. The predicted octanol–water partition coefficient (Wildman–Crippen LogP) is 0.0462. The van der Waals surface area contributed by atoms with Gasteiger partial charge in [0.1, 0.15) is 11.5 Å². The molecule has 0 saturated carbocycles. The number of carbonyl (C=O) groups is 2. The van der Waals surface area contributed by atoms with Crippen molar-refractivity contribution in [1.82, 2.24) is 5.32 Å². The standard InChI is InChI=1S/C18H21N3O6S2/c19-29(26,27)16-8-6-14(7-9-16)10-11-20-17(22)12-28(24,25)13-18(23)21-15-4-2-1-3-5-15/h1-9H,10-13H2,(H,20,22)(H,21,23)(H2,19,26,27). The van der Waals surface area contributed by atoms with Crippen LogP contribution in [0.25, 0.3) is 0 Å². The Bertz CT molecular complexity index is 1070. The molecule has 4 N–H and O–H groups in total. The summed E-state index contributed by atoms with van der Waals surface area (Å²) < 4.78 is 46.4. The van der Waals surface area contributed by atoms with Gasteiger partial charge in [0, 0.05) is 12.2 Å². The molecule has 0 bridgehead atoms. The lowest BCUT2D eigenvalue weighted by molar-refractivity contribution is -0.118. The second kappa shape index (κ2) is 9.63. The second-order valence-corrected chi connectivity index (χ2v) is 9.86. The summed E-state index contributed by atoms with van der Waals surface area (Å²) in [4.78, 5) is 23.7. The molecular formula is C18H21N3O6S2. The van der Waals surface area contributed by atoms with Crippen LogP contribution in [0.4, 0.5) is 5.69 Å². The zero-order chi connectivity index (χ0) is 21.5. The molecule has 156 valence electrons. The lowest BCUT2D eigenvalue weighted by Gasteiger charge is -2.08. The summed E-state index contributed by atoms with van der Waals surface area (Å²) in [5.74, 6) is -3.05. The number of sulfone groups is 1. The molecule has 0 spiro atoms. The number of nitrogens with two attached hydrogens (primary N) is 1. The van der Waals surface area contributed by atoms with Gasteiger partial charge in [-0.3, -0.25) is 9.59 Å². The molecule has 0 atom stereocenters. The van der Waals surface area contributed by atoms with E-state index in [9.17, 15) is 26.4 Å². The van der Waals surface area contributed by atoms with E-state index in [1.165, 1.54) is 12.1 Å². The van der Waals surface area contributed by atoms with Crippen molar-refractivity contribution >= 4 is 37.4 Å². The van der Waals surface area contributed by atoms with E-state index in [1.807, 2.05) is 0 Å². The Morgan fingerprint density at radius 1 is 0.828 bits per heavy atom. The Hall–Kier alpha value is -2.76. The summed E-state index contributed by atoms with van der Waals surface area (Å²) in [7, 11) is -7.69. The third-order valence-electron chi connectivity index (χ3n) is 3.75. The molecule has 0 heterocycles. The first-order valence-electron chi connectivity index (χ1n) is 8.49. The fourth-order valence-corrected chi connectivity index (χ4v) is 4.00. The molecule has 9 nitrogen and oxygen atoms in total. The van der Waals surface area contributed by atoms with E-state index in [2.05, 4.69) is 10.6 Å². The highest BCUT2D eigenvalue weighted by molar-refractivity contribution is 7.92. The largest absolute Gasteiger partial charge is 0.355 e. The SMILES string of the molecule is NS(=O)(=O)c1ccc(CCNC(=O)CS(=O)(=O)CC(=O)Nc2ccccc2)cc1. The van der Waals surface area contributed by atoms with Gasteiger partial charge >= 0.3 is 0 Å². The number of carbonyl (C=O) groups excluding carboxylic acids is 2. The van der Waals surface area contributed by atoms with Gasteiger partial charge in [0.05, 0.1) is 4.90 Å². The highest BCUT2D eigenvalue weighted by Crippen LogP contribution is 2.09. The number of hydrogen-bond acceptors (Lipinski definition) is 6. The number of rotatable bonds is 9. The summed E-state index contributed by atoms with van der Waals surface area (Å²) in [6.45, 7) is 0.152. The molecule has 0 fully saturated rings. The molecule has 0 unspecified atom stereocenters. The Morgan fingerprint density at radius 3 is 2.00 bits per heavy atom. The van der Waals surface area contributed by atoms with Gasteiger partial charge in [0.15, 0.2) is 9.84 Å². The second-order valence-electron chi connectivity index (χ2n) is 6.24. The van der Waals surface area contributed by atoms with E-state index in [-0.39, 0.29) is 11.4 Å². The zero-order valence-electron chi connectivity index (χ0n) is 15.4. The van der Waals surface area contributed by atoms with Gasteiger partial charge in [0.25, 0.3) is 0 Å².